The van der Waals surface area contributed by atoms with E-state index in [0.29, 0.717) is 24.0 Å². The monoisotopic (exact) mass is 266 g/mol. The Labute approximate surface area is 108 Å². The number of hydrogen-bond donors (Lipinski definition) is 1. The van der Waals surface area contributed by atoms with E-state index in [-0.39, 0.29) is 10.7 Å². The predicted octanol–water partition coefficient (Wildman–Crippen LogP) is 2.37. The fourth-order valence-electron chi connectivity index (χ4n) is 1.19. The Morgan fingerprint density at radius 3 is 2.89 bits per heavy atom. The molecule has 0 amide bonds. The summed E-state index contributed by atoms with van der Waals surface area (Å²) in [6.07, 6.45) is 0.859. The van der Waals surface area contributed by atoms with Crippen molar-refractivity contribution in [3.63, 3.8) is 0 Å². The topological polar surface area (TPSA) is 54.4 Å². The lowest BCUT2D eigenvalue weighted by molar-refractivity contribution is -0.109. The number of aromatic hydroxyl groups is 1. The third-order valence-electron chi connectivity index (χ3n) is 1.98. The molecule has 0 atom stereocenters. The Morgan fingerprint density at radius 2 is 2.28 bits per heavy atom. The first kappa shape index (κ1) is 14.3. The Kier molecular flexibility index (Phi) is 5.40. The van der Waals surface area contributed by atoms with Gasteiger partial charge >= 0.3 is 0 Å². The zero-order valence-corrected chi connectivity index (χ0v) is 10.5. The molecule has 0 saturated heterocycles. The molecular weight excluding hydrogens is 255 g/mol. The van der Waals surface area contributed by atoms with Crippen molar-refractivity contribution in [1.82, 2.24) is 0 Å². The van der Waals surface area contributed by atoms with Gasteiger partial charge in [0.05, 0.1) is 5.56 Å². The molecule has 0 radical (unpaired) electrons. The average molecular weight is 266 g/mol. The lowest BCUT2D eigenvalue weighted by atomic mass is 10.1. The highest BCUT2D eigenvalue weighted by Crippen LogP contribution is 2.21. The van der Waals surface area contributed by atoms with Crippen LogP contribution in [0.1, 0.15) is 29.3 Å². The summed E-state index contributed by atoms with van der Waals surface area (Å²) in [5.74, 6) is 4.48. The molecule has 18 heavy (non-hydrogen) atoms. The van der Waals surface area contributed by atoms with E-state index in [1.165, 1.54) is 24.8 Å². The van der Waals surface area contributed by atoms with Crippen LogP contribution in [0.5, 0.6) is 5.75 Å². The molecule has 0 aliphatic carbocycles. The third-order valence-corrected chi connectivity index (χ3v) is 2.80. The van der Waals surface area contributed by atoms with Crippen LogP contribution in [0.2, 0.25) is 0 Å². The fraction of sp³-hybridized carbons (Fsp3) is 0.231. The van der Waals surface area contributed by atoms with Crippen LogP contribution in [0.3, 0.4) is 0 Å². The van der Waals surface area contributed by atoms with E-state index < -0.39 is 11.6 Å². The molecule has 1 N–H and O–H groups in total. The van der Waals surface area contributed by atoms with Gasteiger partial charge in [-0.1, -0.05) is 23.6 Å². The van der Waals surface area contributed by atoms with Gasteiger partial charge in [0.1, 0.15) is 0 Å². The van der Waals surface area contributed by atoms with E-state index >= 15 is 0 Å². The zero-order valence-electron chi connectivity index (χ0n) is 9.70. The second-order valence-corrected chi connectivity index (χ2v) is 4.68. The molecule has 1 aromatic rings. The maximum absolute atomic E-state index is 13.2. The molecule has 0 aliphatic heterocycles. The van der Waals surface area contributed by atoms with Crippen molar-refractivity contribution >= 4 is 23.2 Å². The number of hydrogen-bond acceptors (Lipinski definition) is 4. The largest absolute Gasteiger partial charge is 0.504 e. The first-order chi connectivity index (χ1) is 8.54. The summed E-state index contributed by atoms with van der Waals surface area (Å²) in [6.45, 7) is 1.48. The van der Waals surface area contributed by atoms with Crippen molar-refractivity contribution in [2.75, 3.05) is 5.75 Å². The number of carbonyl (C=O) groups excluding carboxylic acids is 2. The number of halogens is 1. The molecule has 3 nitrogen and oxygen atoms in total. The highest BCUT2D eigenvalue weighted by atomic mass is 32.2. The van der Waals surface area contributed by atoms with E-state index in [0.717, 1.165) is 6.07 Å². The van der Waals surface area contributed by atoms with Crippen LogP contribution in [-0.4, -0.2) is 22.3 Å². The standard InChI is InChI=1S/C13H11FO3S/c1-9(16)18-5-3-2-4-10-6-11(8-15)13(17)12(14)7-10/h6-8,17H,3,5H2,1H3. The molecule has 0 bridgehead atoms. The number of benzene rings is 1. The quantitative estimate of drug-likeness (QED) is 0.518. The minimum atomic E-state index is -0.873. The summed E-state index contributed by atoms with van der Waals surface area (Å²) < 4.78 is 13.2. The molecule has 1 rings (SSSR count). The fourth-order valence-corrected chi connectivity index (χ4v) is 1.68. The number of aldehydes is 1. The summed E-state index contributed by atoms with van der Waals surface area (Å²) in [5.41, 5.74) is 0.192. The Bertz CT molecular complexity index is 529. The average Bonchev–Trinajstić information content (AvgIpc) is 2.32. The van der Waals surface area contributed by atoms with Crippen molar-refractivity contribution in [2.24, 2.45) is 0 Å². The molecule has 0 aliphatic rings. The van der Waals surface area contributed by atoms with E-state index in [1.54, 1.807) is 0 Å². The number of rotatable bonds is 3. The van der Waals surface area contributed by atoms with E-state index in [9.17, 15) is 19.1 Å². The third kappa shape index (κ3) is 4.22. The predicted molar refractivity (Wildman–Crippen MR) is 68.1 cm³/mol. The Balaban J connectivity index is 2.73. The maximum Gasteiger partial charge on any atom is 0.185 e. The zero-order chi connectivity index (χ0) is 13.5. The molecule has 0 spiro atoms. The summed E-state index contributed by atoms with van der Waals surface area (Å²) in [5, 5.41) is 9.22. The minimum absolute atomic E-state index is 0.0238. The summed E-state index contributed by atoms with van der Waals surface area (Å²) in [6, 6.07) is 2.38. The lowest BCUT2D eigenvalue weighted by Crippen LogP contribution is -1.89. The minimum Gasteiger partial charge on any atom is -0.504 e. The van der Waals surface area contributed by atoms with Crippen LogP contribution in [0.15, 0.2) is 12.1 Å². The van der Waals surface area contributed by atoms with Gasteiger partial charge in [-0.15, -0.1) is 0 Å². The summed E-state index contributed by atoms with van der Waals surface area (Å²) in [7, 11) is 0. The maximum atomic E-state index is 13.2. The van der Waals surface area contributed by atoms with Crippen LogP contribution in [0.25, 0.3) is 0 Å². The smallest absolute Gasteiger partial charge is 0.185 e. The Morgan fingerprint density at radius 1 is 1.56 bits per heavy atom. The summed E-state index contributed by atoms with van der Waals surface area (Å²) >= 11 is 1.17. The van der Waals surface area contributed by atoms with Gasteiger partial charge in [-0.3, -0.25) is 9.59 Å². The normalized spacial score (nSPS) is 9.44. The van der Waals surface area contributed by atoms with Crippen LogP contribution >= 0.6 is 11.8 Å². The molecule has 0 fully saturated rings. The van der Waals surface area contributed by atoms with Crippen molar-refractivity contribution in [3.05, 3.63) is 29.1 Å². The van der Waals surface area contributed by atoms with Crippen molar-refractivity contribution in [1.29, 1.82) is 0 Å². The highest BCUT2D eigenvalue weighted by molar-refractivity contribution is 8.13. The van der Waals surface area contributed by atoms with Gasteiger partial charge in [0.2, 0.25) is 0 Å². The van der Waals surface area contributed by atoms with Gasteiger partial charge in [-0.2, -0.15) is 0 Å². The van der Waals surface area contributed by atoms with Gasteiger partial charge in [-0.05, 0) is 12.1 Å². The highest BCUT2D eigenvalue weighted by Gasteiger charge is 2.07. The van der Waals surface area contributed by atoms with E-state index in [1.807, 2.05) is 0 Å². The van der Waals surface area contributed by atoms with Crippen molar-refractivity contribution < 1.29 is 19.1 Å². The van der Waals surface area contributed by atoms with Crippen LogP contribution in [0, 0.1) is 17.7 Å². The van der Waals surface area contributed by atoms with Crippen LogP contribution in [-0.2, 0) is 4.79 Å². The number of carbonyl (C=O) groups is 2. The summed E-state index contributed by atoms with van der Waals surface area (Å²) in [4.78, 5) is 21.2. The molecule has 0 unspecified atom stereocenters. The van der Waals surface area contributed by atoms with Gasteiger partial charge in [-0.25, -0.2) is 4.39 Å². The van der Waals surface area contributed by atoms with Gasteiger partial charge in [0.15, 0.2) is 23.0 Å². The van der Waals surface area contributed by atoms with E-state index in [4.69, 9.17) is 0 Å². The van der Waals surface area contributed by atoms with Gasteiger partial charge < -0.3 is 5.11 Å². The van der Waals surface area contributed by atoms with Crippen molar-refractivity contribution in [2.45, 2.75) is 13.3 Å². The first-order valence-corrected chi connectivity index (χ1v) is 6.13. The van der Waals surface area contributed by atoms with Gasteiger partial charge in [0.25, 0.3) is 0 Å². The first-order valence-electron chi connectivity index (χ1n) is 5.14. The lowest BCUT2D eigenvalue weighted by Gasteiger charge is -1.99. The molecule has 0 aromatic heterocycles. The molecule has 0 heterocycles. The van der Waals surface area contributed by atoms with Crippen LogP contribution in [0.4, 0.5) is 4.39 Å². The molecular formula is C13H11FO3S. The van der Waals surface area contributed by atoms with Crippen molar-refractivity contribution in [3.8, 4) is 17.6 Å². The molecule has 1 aromatic carbocycles. The molecule has 0 saturated carbocycles. The van der Waals surface area contributed by atoms with Crippen LogP contribution < -0.4 is 0 Å². The Hall–Kier alpha value is -1.80. The number of phenolic OH excluding ortho intramolecular Hbond substituents is 1. The molecule has 5 heteroatoms. The van der Waals surface area contributed by atoms with Gasteiger partial charge in [0, 0.05) is 24.7 Å². The van der Waals surface area contributed by atoms with E-state index in [2.05, 4.69) is 11.8 Å². The SMILES string of the molecule is CC(=O)SCCC#Cc1cc(F)c(O)c(C=O)c1. The number of thioether (sulfide) groups is 1. The second kappa shape index (κ2) is 6.82. The second-order valence-electron chi connectivity index (χ2n) is 3.41. The molecule has 94 valence electrons. The number of phenols is 1.